The summed E-state index contributed by atoms with van der Waals surface area (Å²) in [6, 6.07) is 9.02. The van der Waals surface area contributed by atoms with Crippen molar-refractivity contribution in [2.75, 3.05) is 5.32 Å². The van der Waals surface area contributed by atoms with Gasteiger partial charge in [0.2, 0.25) is 5.95 Å². The van der Waals surface area contributed by atoms with E-state index in [2.05, 4.69) is 15.5 Å². The molecule has 0 amide bonds. The smallest absolute Gasteiger partial charge is 0.287 e. The standard InChI is InChI=1S/C15H12Cl2N4OS2/c1-21-14(22)13(24-8-12-3-2-4-23-12)19-20-15(21)18-11-6-9(16)5-10(17)7-11/h2-7H,8H2,1H3,(H,18,20). The van der Waals surface area contributed by atoms with Crippen LogP contribution in [0.1, 0.15) is 4.88 Å². The zero-order valence-corrected chi connectivity index (χ0v) is 15.6. The average Bonchev–Trinajstić information content (AvgIpc) is 3.03. The van der Waals surface area contributed by atoms with Crippen LogP contribution in [0.15, 0.2) is 45.5 Å². The van der Waals surface area contributed by atoms with Crippen molar-refractivity contribution in [1.82, 2.24) is 14.8 Å². The van der Waals surface area contributed by atoms with Gasteiger partial charge < -0.3 is 5.32 Å². The van der Waals surface area contributed by atoms with Gasteiger partial charge in [0, 0.05) is 33.4 Å². The van der Waals surface area contributed by atoms with Crippen molar-refractivity contribution in [3.05, 3.63) is 61.0 Å². The van der Waals surface area contributed by atoms with Crippen LogP contribution in [0.25, 0.3) is 0 Å². The van der Waals surface area contributed by atoms with Crippen LogP contribution in [-0.2, 0) is 12.8 Å². The fraction of sp³-hybridized carbons (Fsp3) is 0.133. The molecule has 0 spiro atoms. The number of halogens is 2. The van der Waals surface area contributed by atoms with Gasteiger partial charge in [-0.05, 0) is 29.6 Å². The van der Waals surface area contributed by atoms with E-state index in [1.165, 1.54) is 21.2 Å². The van der Waals surface area contributed by atoms with E-state index in [0.29, 0.717) is 32.5 Å². The van der Waals surface area contributed by atoms with E-state index in [1.807, 2.05) is 17.5 Å². The highest BCUT2D eigenvalue weighted by Crippen LogP contribution is 2.25. The van der Waals surface area contributed by atoms with E-state index in [1.54, 1.807) is 36.6 Å². The molecule has 124 valence electrons. The summed E-state index contributed by atoms with van der Waals surface area (Å²) >= 11 is 15.0. The number of anilines is 2. The van der Waals surface area contributed by atoms with Crippen molar-refractivity contribution >= 4 is 57.9 Å². The van der Waals surface area contributed by atoms with Gasteiger partial charge in [-0.15, -0.1) is 21.5 Å². The predicted octanol–water partition coefficient (Wildman–Crippen LogP) is 4.58. The summed E-state index contributed by atoms with van der Waals surface area (Å²) in [4.78, 5) is 13.6. The lowest BCUT2D eigenvalue weighted by molar-refractivity contribution is 0.734. The normalized spacial score (nSPS) is 10.8. The Labute approximate surface area is 156 Å². The third-order valence-corrected chi connectivity index (χ3v) is 5.57. The highest BCUT2D eigenvalue weighted by Gasteiger charge is 2.11. The van der Waals surface area contributed by atoms with Gasteiger partial charge in [-0.25, -0.2) is 0 Å². The van der Waals surface area contributed by atoms with Crippen molar-refractivity contribution in [3.63, 3.8) is 0 Å². The van der Waals surface area contributed by atoms with E-state index < -0.39 is 0 Å². The number of thiophene rings is 1. The van der Waals surface area contributed by atoms with Crippen molar-refractivity contribution in [2.24, 2.45) is 7.05 Å². The van der Waals surface area contributed by atoms with E-state index in [-0.39, 0.29) is 5.56 Å². The van der Waals surface area contributed by atoms with Crippen molar-refractivity contribution in [2.45, 2.75) is 10.8 Å². The minimum Gasteiger partial charge on any atom is -0.324 e. The molecule has 0 unspecified atom stereocenters. The van der Waals surface area contributed by atoms with Gasteiger partial charge in [0.15, 0.2) is 5.03 Å². The zero-order valence-electron chi connectivity index (χ0n) is 12.5. The number of nitrogens with zero attached hydrogens (tertiary/aromatic N) is 3. The Morgan fingerprint density at radius 1 is 1.25 bits per heavy atom. The molecule has 0 aliphatic heterocycles. The third-order valence-electron chi connectivity index (χ3n) is 3.09. The first kappa shape index (κ1) is 17.3. The SMILES string of the molecule is Cn1c(Nc2cc(Cl)cc(Cl)c2)nnc(SCc2cccs2)c1=O. The van der Waals surface area contributed by atoms with E-state index >= 15 is 0 Å². The van der Waals surface area contributed by atoms with Crippen LogP contribution < -0.4 is 10.9 Å². The first-order chi connectivity index (χ1) is 11.5. The first-order valence-electron chi connectivity index (χ1n) is 6.85. The number of nitrogens with one attached hydrogen (secondary N) is 1. The van der Waals surface area contributed by atoms with Gasteiger partial charge in [0.25, 0.3) is 5.56 Å². The lowest BCUT2D eigenvalue weighted by Gasteiger charge is -2.10. The number of benzene rings is 1. The lowest BCUT2D eigenvalue weighted by Crippen LogP contribution is -2.24. The van der Waals surface area contributed by atoms with E-state index in [4.69, 9.17) is 23.2 Å². The fourth-order valence-electron chi connectivity index (χ4n) is 1.93. The molecular weight excluding hydrogens is 387 g/mol. The van der Waals surface area contributed by atoms with Gasteiger partial charge in [0.05, 0.1) is 0 Å². The lowest BCUT2D eigenvalue weighted by atomic mass is 10.3. The molecule has 0 atom stereocenters. The summed E-state index contributed by atoms with van der Waals surface area (Å²) in [6.07, 6.45) is 0. The molecule has 0 aliphatic carbocycles. The van der Waals surface area contributed by atoms with Gasteiger partial charge >= 0.3 is 0 Å². The Morgan fingerprint density at radius 2 is 2.00 bits per heavy atom. The van der Waals surface area contributed by atoms with Crippen molar-refractivity contribution in [1.29, 1.82) is 0 Å². The second-order valence-electron chi connectivity index (χ2n) is 4.84. The largest absolute Gasteiger partial charge is 0.324 e. The average molecular weight is 399 g/mol. The topological polar surface area (TPSA) is 59.8 Å². The molecule has 2 heterocycles. The monoisotopic (exact) mass is 398 g/mol. The molecule has 9 heteroatoms. The van der Waals surface area contributed by atoms with Crippen LogP contribution in [-0.4, -0.2) is 14.8 Å². The van der Waals surface area contributed by atoms with Crippen LogP contribution in [0.5, 0.6) is 0 Å². The number of hydrogen-bond donors (Lipinski definition) is 1. The summed E-state index contributed by atoms with van der Waals surface area (Å²) in [5.41, 5.74) is 0.429. The summed E-state index contributed by atoms with van der Waals surface area (Å²) in [7, 11) is 1.64. The quantitative estimate of drug-likeness (QED) is 0.637. The van der Waals surface area contributed by atoms with Gasteiger partial charge in [-0.3, -0.25) is 9.36 Å². The van der Waals surface area contributed by atoms with Crippen LogP contribution in [0, 0.1) is 0 Å². The highest BCUT2D eigenvalue weighted by molar-refractivity contribution is 7.98. The second-order valence-corrected chi connectivity index (χ2v) is 7.71. The molecule has 0 fully saturated rings. The molecule has 5 nitrogen and oxygen atoms in total. The molecule has 24 heavy (non-hydrogen) atoms. The summed E-state index contributed by atoms with van der Waals surface area (Å²) < 4.78 is 1.42. The summed E-state index contributed by atoms with van der Waals surface area (Å²) in [5, 5.41) is 14.5. The molecular formula is C15H12Cl2N4OS2. The van der Waals surface area contributed by atoms with Crippen LogP contribution in [0.3, 0.4) is 0 Å². The molecule has 0 bridgehead atoms. The molecule has 3 aromatic rings. The van der Waals surface area contributed by atoms with Crippen LogP contribution in [0.4, 0.5) is 11.6 Å². The second kappa shape index (κ2) is 7.57. The molecule has 0 aliphatic rings. The Morgan fingerprint density at radius 3 is 2.67 bits per heavy atom. The predicted molar refractivity (Wildman–Crippen MR) is 101 cm³/mol. The molecule has 0 saturated carbocycles. The Kier molecular flexibility index (Phi) is 5.45. The van der Waals surface area contributed by atoms with Crippen LogP contribution in [0.2, 0.25) is 10.0 Å². The summed E-state index contributed by atoms with van der Waals surface area (Å²) in [5.74, 6) is 1.01. The maximum absolute atomic E-state index is 12.4. The Hall–Kier alpha value is -1.54. The molecule has 1 N–H and O–H groups in total. The Bertz CT molecular complexity index is 892. The number of thioether (sulfide) groups is 1. The van der Waals surface area contributed by atoms with E-state index in [9.17, 15) is 4.79 Å². The van der Waals surface area contributed by atoms with Gasteiger partial charge in [0.1, 0.15) is 0 Å². The highest BCUT2D eigenvalue weighted by atomic mass is 35.5. The number of aromatic nitrogens is 3. The maximum Gasteiger partial charge on any atom is 0.287 e. The fourth-order valence-corrected chi connectivity index (χ4v) is 4.13. The van der Waals surface area contributed by atoms with Crippen LogP contribution >= 0.6 is 46.3 Å². The van der Waals surface area contributed by atoms with Gasteiger partial charge in [-0.2, -0.15) is 0 Å². The minimum absolute atomic E-state index is 0.206. The van der Waals surface area contributed by atoms with Crippen molar-refractivity contribution in [3.8, 4) is 0 Å². The molecule has 0 saturated heterocycles. The zero-order chi connectivity index (χ0) is 17.1. The van der Waals surface area contributed by atoms with E-state index in [0.717, 1.165) is 0 Å². The Balaban J connectivity index is 1.80. The molecule has 0 radical (unpaired) electrons. The number of hydrogen-bond acceptors (Lipinski definition) is 6. The third kappa shape index (κ3) is 4.10. The molecule has 1 aromatic carbocycles. The van der Waals surface area contributed by atoms with Crippen molar-refractivity contribution < 1.29 is 0 Å². The first-order valence-corrected chi connectivity index (χ1v) is 9.47. The summed E-state index contributed by atoms with van der Waals surface area (Å²) in [6.45, 7) is 0. The maximum atomic E-state index is 12.4. The molecule has 3 rings (SSSR count). The van der Waals surface area contributed by atoms with Gasteiger partial charge in [-0.1, -0.05) is 41.0 Å². The number of rotatable bonds is 5. The minimum atomic E-state index is -0.206. The molecule has 2 aromatic heterocycles.